The number of rotatable bonds is 2. The molecule has 1 aliphatic rings. The van der Waals surface area contributed by atoms with Crippen molar-refractivity contribution in [3.05, 3.63) is 29.8 Å². The Morgan fingerprint density at radius 1 is 1.39 bits per heavy atom. The van der Waals surface area contributed by atoms with Crippen LogP contribution in [0.4, 0.5) is 18.9 Å². The Balaban J connectivity index is 2.37. The van der Waals surface area contributed by atoms with E-state index in [1.54, 1.807) is 18.2 Å². The van der Waals surface area contributed by atoms with Gasteiger partial charge in [0.25, 0.3) is 0 Å². The number of anilines is 1. The summed E-state index contributed by atoms with van der Waals surface area (Å²) < 4.78 is 41.2. The number of benzene rings is 1. The van der Waals surface area contributed by atoms with Crippen molar-refractivity contribution in [2.75, 3.05) is 11.9 Å². The SMILES string of the molecule is NC(=O)C1CNc2ccccc2C1OC(F)(F)F. The Hall–Kier alpha value is -1.76. The molecule has 0 saturated carbocycles. The quantitative estimate of drug-likeness (QED) is 0.852. The molecule has 4 nitrogen and oxygen atoms in total. The van der Waals surface area contributed by atoms with Crippen LogP contribution in [0.3, 0.4) is 0 Å². The number of fused-ring (bicyclic) bond motifs is 1. The van der Waals surface area contributed by atoms with Gasteiger partial charge in [-0.3, -0.25) is 9.53 Å². The van der Waals surface area contributed by atoms with Crippen molar-refractivity contribution in [1.82, 2.24) is 0 Å². The number of primary amides is 1. The second kappa shape index (κ2) is 4.49. The molecule has 0 saturated heterocycles. The number of para-hydroxylation sites is 1. The van der Waals surface area contributed by atoms with Crippen LogP contribution in [0.1, 0.15) is 11.7 Å². The molecular formula is C11H11F3N2O2. The lowest BCUT2D eigenvalue weighted by Crippen LogP contribution is -2.40. The predicted octanol–water partition coefficient (Wildman–Crippen LogP) is 1.79. The highest BCUT2D eigenvalue weighted by Crippen LogP contribution is 2.39. The second-order valence-electron chi connectivity index (χ2n) is 3.96. The molecule has 0 fully saturated rings. The van der Waals surface area contributed by atoms with Crippen LogP contribution in [0.25, 0.3) is 0 Å². The molecule has 1 heterocycles. The number of hydrogen-bond acceptors (Lipinski definition) is 3. The van der Waals surface area contributed by atoms with Crippen LogP contribution in [0.2, 0.25) is 0 Å². The second-order valence-corrected chi connectivity index (χ2v) is 3.96. The topological polar surface area (TPSA) is 64.4 Å². The summed E-state index contributed by atoms with van der Waals surface area (Å²) in [5.74, 6) is -1.88. The zero-order valence-corrected chi connectivity index (χ0v) is 9.20. The van der Waals surface area contributed by atoms with Gasteiger partial charge in [0.05, 0.1) is 5.92 Å². The van der Waals surface area contributed by atoms with Crippen LogP contribution in [0.5, 0.6) is 0 Å². The van der Waals surface area contributed by atoms with Crippen LogP contribution in [-0.4, -0.2) is 18.8 Å². The Morgan fingerprint density at radius 2 is 2.06 bits per heavy atom. The van der Waals surface area contributed by atoms with Crippen LogP contribution in [0.15, 0.2) is 24.3 Å². The summed E-state index contributed by atoms with van der Waals surface area (Å²) in [6.45, 7) is 0.0209. The molecule has 18 heavy (non-hydrogen) atoms. The maximum Gasteiger partial charge on any atom is 0.523 e. The minimum Gasteiger partial charge on any atom is -0.384 e. The molecule has 1 aliphatic heterocycles. The third-order valence-corrected chi connectivity index (χ3v) is 2.77. The summed E-state index contributed by atoms with van der Waals surface area (Å²) in [7, 11) is 0. The average molecular weight is 260 g/mol. The maximum absolute atomic E-state index is 12.4. The van der Waals surface area contributed by atoms with Crippen molar-refractivity contribution in [3.63, 3.8) is 0 Å². The van der Waals surface area contributed by atoms with E-state index in [1.807, 2.05) is 0 Å². The Bertz CT molecular complexity index is 462. The highest BCUT2D eigenvalue weighted by molar-refractivity contribution is 5.79. The van der Waals surface area contributed by atoms with E-state index >= 15 is 0 Å². The summed E-state index contributed by atoms with van der Waals surface area (Å²) in [5, 5.41) is 2.86. The van der Waals surface area contributed by atoms with Gasteiger partial charge in [-0.2, -0.15) is 0 Å². The molecule has 7 heteroatoms. The molecule has 1 aromatic rings. The fourth-order valence-corrected chi connectivity index (χ4v) is 1.99. The number of halogens is 3. The molecule has 98 valence electrons. The Morgan fingerprint density at radius 3 is 2.67 bits per heavy atom. The maximum atomic E-state index is 12.4. The van der Waals surface area contributed by atoms with Gasteiger partial charge in [0.1, 0.15) is 6.10 Å². The van der Waals surface area contributed by atoms with E-state index in [2.05, 4.69) is 10.1 Å². The van der Waals surface area contributed by atoms with Crippen molar-refractivity contribution in [2.24, 2.45) is 11.7 Å². The smallest absolute Gasteiger partial charge is 0.384 e. The molecular weight excluding hydrogens is 249 g/mol. The molecule has 0 aliphatic carbocycles. The van der Waals surface area contributed by atoms with Gasteiger partial charge >= 0.3 is 6.36 Å². The van der Waals surface area contributed by atoms with Gasteiger partial charge in [-0.15, -0.1) is 13.2 Å². The van der Waals surface area contributed by atoms with Crippen molar-refractivity contribution in [2.45, 2.75) is 12.5 Å². The lowest BCUT2D eigenvalue weighted by atomic mass is 9.90. The Labute approximate surface area is 101 Å². The van der Waals surface area contributed by atoms with Crippen LogP contribution in [0, 0.1) is 5.92 Å². The van der Waals surface area contributed by atoms with Crippen molar-refractivity contribution >= 4 is 11.6 Å². The summed E-state index contributed by atoms with van der Waals surface area (Å²) in [6.07, 6.45) is -6.22. The van der Waals surface area contributed by atoms with E-state index < -0.39 is 24.3 Å². The molecule has 1 amide bonds. The average Bonchev–Trinajstić information content (AvgIpc) is 2.27. The van der Waals surface area contributed by atoms with E-state index in [4.69, 9.17) is 5.73 Å². The molecule has 0 aromatic heterocycles. The highest BCUT2D eigenvalue weighted by atomic mass is 19.4. The number of hydrogen-bond donors (Lipinski definition) is 2. The number of carbonyl (C=O) groups excluding carboxylic acids is 1. The highest BCUT2D eigenvalue weighted by Gasteiger charge is 2.42. The van der Waals surface area contributed by atoms with Gasteiger partial charge in [-0.25, -0.2) is 0 Å². The van der Waals surface area contributed by atoms with Gasteiger partial charge in [-0.05, 0) is 6.07 Å². The van der Waals surface area contributed by atoms with E-state index in [0.29, 0.717) is 5.69 Å². The van der Waals surface area contributed by atoms with E-state index in [9.17, 15) is 18.0 Å². The fraction of sp³-hybridized carbons (Fsp3) is 0.364. The summed E-state index contributed by atoms with van der Waals surface area (Å²) in [5.41, 5.74) is 5.91. The molecule has 1 aromatic carbocycles. The third-order valence-electron chi connectivity index (χ3n) is 2.77. The van der Waals surface area contributed by atoms with Gasteiger partial charge < -0.3 is 11.1 Å². The standard InChI is InChI=1S/C11H11F3N2O2/c12-11(13,14)18-9-6-3-1-2-4-8(6)16-5-7(9)10(15)17/h1-4,7,9,16H,5H2,(H2,15,17). The molecule has 0 radical (unpaired) electrons. The number of ether oxygens (including phenoxy) is 1. The van der Waals surface area contributed by atoms with Crippen molar-refractivity contribution in [3.8, 4) is 0 Å². The first-order valence-corrected chi connectivity index (χ1v) is 5.25. The van der Waals surface area contributed by atoms with Gasteiger partial charge in [-0.1, -0.05) is 18.2 Å². The predicted molar refractivity (Wildman–Crippen MR) is 57.5 cm³/mol. The third kappa shape index (κ3) is 2.56. The minimum atomic E-state index is -4.82. The van der Waals surface area contributed by atoms with E-state index in [-0.39, 0.29) is 12.1 Å². The summed E-state index contributed by atoms with van der Waals surface area (Å²) in [6, 6.07) is 6.37. The largest absolute Gasteiger partial charge is 0.523 e. The first kappa shape index (κ1) is 12.7. The number of carbonyl (C=O) groups is 1. The van der Waals surface area contributed by atoms with Crippen LogP contribution >= 0.6 is 0 Å². The lowest BCUT2D eigenvalue weighted by molar-refractivity contribution is -0.349. The van der Waals surface area contributed by atoms with E-state index in [1.165, 1.54) is 6.07 Å². The normalized spacial score (nSPS) is 23.1. The zero-order valence-electron chi connectivity index (χ0n) is 9.20. The lowest BCUT2D eigenvalue weighted by Gasteiger charge is -2.32. The van der Waals surface area contributed by atoms with Crippen molar-refractivity contribution in [1.29, 1.82) is 0 Å². The number of amides is 1. The Kier molecular flexibility index (Phi) is 3.16. The summed E-state index contributed by atoms with van der Waals surface area (Å²) in [4.78, 5) is 11.2. The van der Waals surface area contributed by atoms with Crippen LogP contribution < -0.4 is 11.1 Å². The van der Waals surface area contributed by atoms with Crippen LogP contribution in [-0.2, 0) is 9.53 Å². The first-order chi connectivity index (χ1) is 8.38. The number of nitrogens with two attached hydrogens (primary N) is 1. The molecule has 2 unspecified atom stereocenters. The minimum absolute atomic E-state index is 0.0209. The van der Waals surface area contributed by atoms with Gasteiger partial charge in [0.15, 0.2) is 0 Å². The monoisotopic (exact) mass is 260 g/mol. The zero-order chi connectivity index (χ0) is 13.3. The molecule has 0 spiro atoms. The number of nitrogens with one attached hydrogen (secondary N) is 1. The van der Waals surface area contributed by atoms with Crippen molar-refractivity contribution < 1.29 is 22.7 Å². The van der Waals surface area contributed by atoms with Gasteiger partial charge in [0.2, 0.25) is 5.91 Å². The molecule has 2 atom stereocenters. The molecule has 2 rings (SSSR count). The molecule has 3 N–H and O–H groups in total. The van der Waals surface area contributed by atoms with Gasteiger partial charge in [0, 0.05) is 17.8 Å². The first-order valence-electron chi connectivity index (χ1n) is 5.25. The molecule has 0 bridgehead atoms. The van der Waals surface area contributed by atoms with E-state index in [0.717, 1.165) is 0 Å². The number of alkyl halides is 3. The summed E-state index contributed by atoms with van der Waals surface area (Å²) >= 11 is 0. The fourth-order valence-electron chi connectivity index (χ4n) is 1.99.